The quantitative estimate of drug-likeness (QED) is 0.438. The first-order chi connectivity index (χ1) is 15.7. The molecule has 3 aromatic rings. The molecule has 176 valence electrons. The zero-order valence-corrected chi connectivity index (χ0v) is 18.4. The van der Waals surface area contributed by atoms with Crippen LogP contribution in [-0.2, 0) is 4.74 Å². The fourth-order valence-electron chi connectivity index (χ4n) is 3.98. The average Bonchev–Trinajstić information content (AvgIpc) is 2.99. The molecule has 1 heterocycles. The van der Waals surface area contributed by atoms with Crippen LogP contribution in [0.3, 0.4) is 0 Å². The molecule has 1 amide bonds. The highest BCUT2D eigenvalue weighted by atomic mass is 19.4. The van der Waals surface area contributed by atoms with Crippen molar-refractivity contribution in [1.29, 1.82) is 0 Å². The molecular formula is C24H26F3N3O3. The van der Waals surface area contributed by atoms with Crippen molar-refractivity contribution in [2.24, 2.45) is 0 Å². The van der Waals surface area contributed by atoms with Gasteiger partial charge >= 0.3 is 12.3 Å². The van der Waals surface area contributed by atoms with Gasteiger partial charge in [-0.2, -0.15) is 13.2 Å². The van der Waals surface area contributed by atoms with Crippen LogP contribution >= 0.6 is 0 Å². The van der Waals surface area contributed by atoms with E-state index >= 15 is 0 Å². The number of ether oxygens (including phenoxy) is 2. The van der Waals surface area contributed by atoms with Gasteiger partial charge in [-0.3, -0.25) is 5.32 Å². The van der Waals surface area contributed by atoms with E-state index in [1.807, 2.05) is 25.1 Å². The van der Waals surface area contributed by atoms with Crippen LogP contribution in [0.4, 0.5) is 29.3 Å². The third-order valence-corrected chi connectivity index (χ3v) is 5.92. The van der Waals surface area contributed by atoms with Gasteiger partial charge in [0.2, 0.25) is 0 Å². The Hall–Kier alpha value is -3.36. The number of carbonyl (C=O) groups is 1. The lowest BCUT2D eigenvalue weighted by atomic mass is 9.92. The van der Waals surface area contributed by atoms with Crippen molar-refractivity contribution in [3.05, 3.63) is 42.5 Å². The van der Waals surface area contributed by atoms with Gasteiger partial charge in [0.1, 0.15) is 5.75 Å². The summed E-state index contributed by atoms with van der Waals surface area (Å²) < 4.78 is 50.1. The highest BCUT2D eigenvalue weighted by molar-refractivity contribution is 6.01. The molecule has 1 saturated carbocycles. The number of nitrogen functional groups attached to an aromatic ring is 1. The van der Waals surface area contributed by atoms with Gasteiger partial charge in [0.15, 0.2) is 6.10 Å². The molecule has 2 aromatic carbocycles. The zero-order valence-electron chi connectivity index (χ0n) is 18.4. The number of carbonyl (C=O) groups excluding carboxylic acids is 1. The van der Waals surface area contributed by atoms with Crippen LogP contribution in [0, 0.1) is 0 Å². The van der Waals surface area contributed by atoms with Gasteiger partial charge < -0.3 is 19.8 Å². The zero-order chi connectivity index (χ0) is 23.8. The minimum Gasteiger partial charge on any atom is -0.494 e. The van der Waals surface area contributed by atoms with E-state index in [4.69, 9.17) is 10.5 Å². The molecule has 1 aliphatic rings. The summed E-state index contributed by atoms with van der Waals surface area (Å²) in [7, 11) is 0. The molecule has 0 saturated heterocycles. The predicted molar refractivity (Wildman–Crippen MR) is 121 cm³/mol. The second kappa shape index (κ2) is 8.88. The number of nitrogens with one attached hydrogen (secondary N) is 1. The summed E-state index contributed by atoms with van der Waals surface area (Å²) in [6.45, 7) is 3.28. The highest BCUT2D eigenvalue weighted by Crippen LogP contribution is 2.44. The van der Waals surface area contributed by atoms with Crippen LogP contribution in [0.15, 0.2) is 42.5 Å². The van der Waals surface area contributed by atoms with Crippen molar-refractivity contribution in [2.75, 3.05) is 17.7 Å². The van der Waals surface area contributed by atoms with Crippen LogP contribution in [0.2, 0.25) is 0 Å². The van der Waals surface area contributed by atoms with Gasteiger partial charge in [-0.05, 0) is 57.4 Å². The second-order valence-corrected chi connectivity index (χ2v) is 8.12. The fourth-order valence-corrected chi connectivity index (χ4v) is 3.98. The molecule has 1 aromatic heterocycles. The van der Waals surface area contributed by atoms with Crippen molar-refractivity contribution in [1.82, 2.24) is 4.57 Å². The largest absolute Gasteiger partial charge is 0.494 e. The molecule has 0 aliphatic heterocycles. The molecule has 1 aliphatic carbocycles. The van der Waals surface area contributed by atoms with E-state index in [0.29, 0.717) is 24.0 Å². The number of hydrogen-bond donors (Lipinski definition) is 2. The smallest absolute Gasteiger partial charge is 0.425 e. The lowest BCUT2D eigenvalue weighted by molar-refractivity contribution is -0.196. The number of alkyl halides is 3. The average molecular weight is 461 g/mol. The number of aromatic nitrogens is 1. The molecule has 0 spiro atoms. The minimum absolute atomic E-state index is 0.321. The summed E-state index contributed by atoms with van der Waals surface area (Å²) in [4.78, 5) is 11.8. The first-order valence-electron chi connectivity index (χ1n) is 10.9. The number of benzene rings is 2. The number of nitrogens with zero attached hydrogens (tertiary/aromatic N) is 1. The summed E-state index contributed by atoms with van der Waals surface area (Å²) in [6, 6.07) is 13.0. The number of halogens is 3. The lowest BCUT2D eigenvalue weighted by Gasteiger charge is -2.30. The minimum atomic E-state index is -4.62. The van der Waals surface area contributed by atoms with Crippen molar-refractivity contribution >= 4 is 28.4 Å². The number of rotatable bonds is 6. The van der Waals surface area contributed by atoms with Gasteiger partial charge in [-0.15, -0.1) is 0 Å². The number of anilines is 2. The van der Waals surface area contributed by atoms with Crippen LogP contribution in [0.1, 0.15) is 39.2 Å². The Morgan fingerprint density at radius 3 is 2.48 bits per heavy atom. The molecule has 3 N–H and O–H groups in total. The molecule has 1 fully saturated rings. The van der Waals surface area contributed by atoms with E-state index in [2.05, 4.69) is 14.6 Å². The first kappa shape index (κ1) is 22.8. The Labute approximate surface area is 189 Å². The molecule has 4 rings (SSSR count). The van der Waals surface area contributed by atoms with Crippen molar-refractivity contribution in [3.8, 4) is 17.0 Å². The second-order valence-electron chi connectivity index (χ2n) is 8.12. The molecule has 9 heteroatoms. The SMILES string of the molecule is CCOc1ccc2c(N)c(-c3ccc(NC(=O)O[C@H](C)C(F)(F)F)cc3)n(C3CCC3)c2c1. The number of hydrogen-bond acceptors (Lipinski definition) is 4. The maximum Gasteiger partial charge on any atom is 0.425 e. The van der Waals surface area contributed by atoms with Crippen molar-refractivity contribution < 1.29 is 27.4 Å². The summed E-state index contributed by atoms with van der Waals surface area (Å²) in [5, 5.41) is 3.27. The molecule has 0 radical (unpaired) electrons. The van der Waals surface area contributed by atoms with E-state index < -0.39 is 18.4 Å². The van der Waals surface area contributed by atoms with Gasteiger partial charge in [0.25, 0.3) is 0 Å². The molecular weight excluding hydrogens is 435 g/mol. The van der Waals surface area contributed by atoms with E-state index in [9.17, 15) is 18.0 Å². The monoisotopic (exact) mass is 461 g/mol. The van der Waals surface area contributed by atoms with Crippen molar-refractivity contribution in [2.45, 2.75) is 51.4 Å². The summed E-state index contributed by atoms with van der Waals surface area (Å²) in [6.07, 6.45) is -4.72. The topological polar surface area (TPSA) is 78.5 Å². The summed E-state index contributed by atoms with van der Waals surface area (Å²) in [5.41, 5.74) is 10.3. The maximum absolute atomic E-state index is 12.6. The third kappa shape index (κ3) is 4.58. The Morgan fingerprint density at radius 2 is 1.91 bits per heavy atom. The van der Waals surface area contributed by atoms with Gasteiger partial charge in [0.05, 0.1) is 23.5 Å². The Kier molecular flexibility index (Phi) is 6.14. The Bertz CT molecular complexity index is 1150. The Balaban J connectivity index is 1.63. The fraction of sp³-hybridized carbons (Fsp3) is 0.375. The molecule has 1 atom stereocenters. The van der Waals surface area contributed by atoms with E-state index in [-0.39, 0.29) is 0 Å². The van der Waals surface area contributed by atoms with Crippen LogP contribution in [0.25, 0.3) is 22.2 Å². The predicted octanol–water partition coefficient (Wildman–Crippen LogP) is 6.51. The first-order valence-corrected chi connectivity index (χ1v) is 10.9. The van der Waals surface area contributed by atoms with E-state index in [0.717, 1.165) is 54.1 Å². The lowest BCUT2D eigenvalue weighted by Crippen LogP contribution is -2.32. The number of nitrogens with two attached hydrogens (primary N) is 1. The van der Waals surface area contributed by atoms with E-state index in [1.165, 1.54) is 0 Å². The molecule has 0 bridgehead atoms. The number of fused-ring (bicyclic) bond motifs is 1. The van der Waals surface area contributed by atoms with Gasteiger partial charge in [-0.1, -0.05) is 12.1 Å². The van der Waals surface area contributed by atoms with E-state index in [1.54, 1.807) is 24.3 Å². The van der Waals surface area contributed by atoms with Crippen LogP contribution in [0.5, 0.6) is 5.75 Å². The van der Waals surface area contributed by atoms with Gasteiger partial charge in [0, 0.05) is 28.7 Å². The summed E-state index contributed by atoms with van der Waals surface area (Å²) >= 11 is 0. The third-order valence-electron chi connectivity index (χ3n) is 5.92. The highest BCUT2D eigenvalue weighted by Gasteiger charge is 2.39. The Morgan fingerprint density at radius 1 is 1.21 bits per heavy atom. The normalized spacial score (nSPS) is 15.2. The maximum atomic E-state index is 12.6. The van der Waals surface area contributed by atoms with Gasteiger partial charge in [-0.25, -0.2) is 4.79 Å². The summed E-state index contributed by atoms with van der Waals surface area (Å²) in [5.74, 6) is 0.778. The number of amides is 1. The molecule has 0 unspecified atom stereocenters. The molecule has 33 heavy (non-hydrogen) atoms. The van der Waals surface area contributed by atoms with Crippen molar-refractivity contribution in [3.63, 3.8) is 0 Å². The standard InChI is InChI=1S/C24H26F3N3O3/c1-3-32-18-11-12-19-20(13-18)30(17-5-4-6-17)22(21(19)28)15-7-9-16(10-8-15)29-23(31)33-14(2)24(25,26)27/h7-14,17H,3-6,28H2,1-2H3,(H,29,31)/t14-/m1/s1. The van der Waals surface area contributed by atoms with Crippen LogP contribution < -0.4 is 15.8 Å². The van der Waals surface area contributed by atoms with Crippen LogP contribution in [-0.4, -0.2) is 29.5 Å². The molecule has 6 nitrogen and oxygen atoms in total.